The van der Waals surface area contributed by atoms with Gasteiger partial charge in [0.25, 0.3) is 0 Å². The lowest BCUT2D eigenvalue weighted by Gasteiger charge is -2.29. The van der Waals surface area contributed by atoms with Crippen LogP contribution in [0.4, 0.5) is 5.13 Å². The number of aliphatic hydroxyl groups is 1. The number of anilines is 1. The molecule has 0 bridgehead atoms. The number of aromatic nitrogens is 1. The predicted molar refractivity (Wildman–Crippen MR) is 78.2 cm³/mol. The van der Waals surface area contributed by atoms with Crippen LogP contribution in [0.2, 0.25) is 0 Å². The van der Waals surface area contributed by atoms with Crippen molar-refractivity contribution in [2.24, 2.45) is 0 Å². The van der Waals surface area contributed by atoms with Gasteiger partial charge in [-0.1, -0.05) is 17.4 Å². The number of ether oxygens (including phenoxy) is 1. The smallest absolute Gasteiger partial charge is 0.186 e. The fourth-order valence-electron chi connectivity index (χ4n) is 2.45. The Labute approximate surface area is 116 Å². The fourth-order valence-corrected chi connectivity index (χ4v) is 3.47. The zero-order chi connectivity index (χ0) is 13.2. The minimum Gasteiger partial charge on any atom is -0.492 e. The number of hydrogen-bond donors (Lipinski definition) is 1. The lowest BCUT2D eigenvalue weighted by Crippen LogP contribution is -2.38. The van der Waals surface area contributed by atoms with Gasteiger partial charge in [-0.3, -0.25) is 0 Å². The number of β-amino-alcohol motifs (C(OH)–C–C–N with tert-alkyl or cyclic N) is 1. The van der Waals surface area contributed by atoms with Gasteiger partial charge in [-0.25, -0.2) is 4.98 Å². The molecular weight excluding hydrogens is 260 g/mol. The highest BCUT2D eigenvalue weighted by Gasteiger charge is 2.21. The molecule has 1 unspecified atom stereocenters. The van der Waals surface area contributed by atoms with Crippen molar-refractivity contribution in [3.8, 4) is 5.75 Å². The van der Waals surface area contributed by atoms with E-state index in [2.05, 4.69) is 11.0 Å². The number of benzene rings is 1. The average Bonchev–Trinajstić information content (AvgIpc) is 2.84. The molecule has 1 saturated heterocycles. The van der Waals surface area contributed by atoms with E-state index in [4.69, 9.17) is 9.72 Å². The van der Waals surface area contributed by atoms with Gasteiger partial charge in [0.05, 0.1) is 17.4 Å². The van der Waals surface area contributed by atoms with E-state index in [9.17, 15) is 5.11 Å². The van der Waals surface area contributed by atoms with Gasteiger partial charge in [-0.2, -0.15) is 0 Å². The summed E-state index contributed by atoms with van der Waals surface area (Å²) in [7, 11) is 0. The van der Waals surface area contributed by atoms with Gasteiger partial charge >= 0.3 is 0 Å². The van der Waals surface area contributed by atoms with Crippen molar-refractivity contribution in [1.29, 1.82) is 0 Å². The van der Waals surface area contributed by atoms with Crippen LogP contribution in [0.5, 0.6) is 5.75 Å². The molecule has 1 aromatic heterocycles. The van der Waals surface area contributed by atoms with Gasteiger partial charge in [-0.05, 0) is 31.9 Å². The number of nitrogens with zero attached hydrogens (tertiary/aromatic N) is 2. The molecule has 5 heteroatoms. The minimum absolute atomic E-state index is 0.230. The molecule has 1 atom stereocenters. The first-order valence-corrected chi connectivity index (χ1v) is 7.55. The molecular formula is C14H18N2O2S. The molecule has 0 saturated carbocycles. The number of para-hydroxylation sites is 1. The summed E-state index contributed by atoms with van der Waals surface area (Å²) in [4.78, 5) is 6.87. The first kappa shape index (κ1) is 12.7. The number of piperidine rings is 1. The minimum atomic E-state index is -0.230. The molecule has 1 fully saturated rings. The Balaban J connectivity index is 1.94. The second-order valence-electron chi connectivity index (χ2n) is 4.77. The molecule has 0 spiro atoms. The van der Waals surface area contributed by atoms with E-state index >= 15 is 0 Å². The molecule has 0 radical (unpaired) electrons. The molecule has 102 valence electrons. The van der Waals surface area contributed by atoms with E-state index < -0.39 is 0 Å². The summed E-state index contributed by atoms with van der Waals surface area (Å²) in [5, 5.41) is 10.8. The summed E-state index contributed by atoms with van der Waals surface area (Å²) >= 11 is 1.67. The van der Waals surface area contributed by atoms with E-state index in [-0.39, 0.29) is 6.10 Å². The summed E-state index contributed by atoms with van der Waals surface area (Å²) in [6.45, 7) is 4.28. The molecule has 0 amide bonds. The SMILES string of the molecule is CCOc1cccc2sc(N3CCCC(O)C3)nc12. The van der Waals surface area contributed by atoms with Crippen molar-refractivity contribution >= 4 is 26.7 Å². The van der Waals surface area contributed by atoms with E-state index in [0.717, 1.165) is 40.5 Å². The zero-order valence-corrected chi connectivity index (χ0v) is 11.8. The Bertz CT molecular complexity index is 570. The molecule has 0 aliphatic carbocycles. The number of rotatable bonds is 3. The first-order chi connectivity index (χ1) is 9.28. The number of aliphatic hydroxyl groups excluding tert-OH is 1. The van der Waals surface area contributed by atoms with Gasteiger partial charge in [0.1, 0.15) is 11.3 Å². The van der Waals surface area contributed by atoms with Crippen molar-refractivity contribution in [3.63, 3.8) is 0 Å². The Morgan fingerprint density at radius 3 is 3.21 bits per heavy atom. The Morgan fingerprint density at radius 1 is 1.53 bits per heavy atom. The van der Waals surface area contributed by atoms with Crippen molar-refractivity contribution in [3.05, 3.63) is 18.2 Å². The molecule has 2 aromatic rings. The third kappa shape index (κ3) is 2.53. The number of thiazole rings is 1. The first-order valence-electron chi connectivity index (χ1n) is 6.73. The normalized spacial score (nSPS) is 19.9. The predicted octanol–water partition coefficient (Wildman–Crippen LogP) is 2.66. The summed E-state index contributed by atoms with van der Waals surface area (Å²) in [6, 6.07) is 6.03. The average molecular weight is 278 g/mol. The Morgan fingerprint density at radius 2 is 2.42 bits per heavy atom. The lowest BCUT2D eigenvalue weighted by molar-refractivity contribution is 0.154. The van der Waals surface area contributed by atoms with Gasteiger partial charge in [0.2, 0.25) is 0 Å². The number of hydrogen-bond acceptors (Lipinski definition) is 5. The second kappa shape index (κ2) is 5.35. The van der Waals surface area contributed by atoms with Crippen LogP contribution < -0.4 is 9.64 Å². The quantitative estimate of drug-likeness (QED) is 0.937. The van der Waals surface area contributed by atoms with Crippen molar-refractivity contribution in [2.45, 2.75) is 25.9 Å². The van der Waals surface area contributed by atoms with Crippen molar-refractivity contribution < 1.29 is 9.84 Å². The lowest BCUT2D eigenvalue weighted by atomic mass is 10.1. The van der Waals surface area contributed by atoms with Crippen LogP contribution >= 0.6 is 11.3 Å². The summed E-state index contributed by atoms with van der Waals surface area (Å²) in [5.74, 6) is 0.847. The van der Waals surface area contributed by atoms with Gasteiger partial charge in [0, 0.05) is 13.1 Å². The van der Waals surface area contributed by atoms with Gasteiger partial charge in [0.15, 0.2) is 5.13 Å². The summed E-state index contributed by atoms with van der Waals surface area (Å²) in [5.41, 5.74) is 0.935. The molecule has 2 heterocycles. The molecule has 4 nitrogen and oxygen atoms in total. The van der Waals surface area contributed by atoms with Crippen molar-refractivity contribution in [1.82, 2.24) is 4.98 Å². The van der Waals surface area contributed by atoms with E-state index in [1.807, 2.05) is 19.1 Å². The van der Waals surface area contributed by atoms with Crippen LogP contribution in [0.1, 0.15) is 19.8 Å². The Hall–Kier alpha value is -1.33. The highest BCUT2D eigenvalue weighted by Crippen LogP contribution is 2.35. The van der Waals surface area contributed by atoms with E-state index in [1.165, 1.54) is 0 Å². The van der Waals surface area contributed by atoms with Crippen molar-refractivity contribution in [2.75, 3.05) is 24.6 Å². The van der Waals surface area contributed by atoms with Crippen LogP contribution in [-0.2, 0) is 0 Å². The second-order valence-corrected chi connectivity index (χ2v) is 5.78. The fraction of sp³-hybridized carbons (Fsp3) is 0.500. The topological polar surface area (TPSA) is 45.6 Å². The maximum absolute atomic E-state index is 9.77. The molecule has 3 rings (SSSR count). The molecule has 1 N–H and O–H groups in total. The van der Waals surface area contributed by atoms with Gasteiger partial charge in [-0.15, -0.1) is 0 Å². The highest BCUT2D eigenvalue weighted by molar-refractivity contribution is 7.22. The molecule has 1 aliphatic rings. The molecule has 1 aliphatic heterocycles. The third-order valence-electron chi connectivity index (χ3n) is 3.34. The van der Waals surface area contributed by atoms with Crippen LogP contribution in [-0.4, -0.2) is 35.9 Å². The van der Waals surface area contributed by atoms with Crippen LogP contribution in [0.15, 0.2) is 18.2 Å². The molecule has 19 heavy (non-hydrogen) atoms. The van der Waals surface area contributed by atoms with Crippen LogP contribution in [0, 0.1) is 0 Å². The molecule has 1 aromatic carbocycles. The Kier molecular flexibility index (Phi) is 3.57. The number of fused-ring (bicyclic) bond motifs is 1. The van der Waals surface area contributed by atoms with E-state index in [1.54, 1.807) is 11.3 Å². The maximum atomic E-state index is 9.77. The largest absolute Gasteiger partial charge is 0.492 e. The van der Waals surface area contributed by atoms with Gasteiger partial charge < -0.3 is 14.7 Å². The standard InChI is InChI=1S/C14H18N2O2S/c1-2-18-11-6-3-7-12-13(11)15-14(19-12)16-8-4-5-10(17)9-16/h3,6-7,10,17H,2,4-5,8-9H2,1H3. The maximum Gasteiger partial charge on any atom is 0.186 e. The van der Waals surface area contributed by atoms with Crippen LogP contribution in [0.25, 0.3) is 10.2 Å². The summed E-state index contributed by atoms with van der Waals surface area (Å²) < 4.78 is 6.76. The summed E-state index contributed by atoms with van der Waals surface area (Å²) in [6.07, 6.45) is 1.69. The highest BCUT2D eigenvalue weighted by atomic mass is 32.1. The monoisotopic (exact) mass is 278 g/mol. The van der Waals surface area contributed by atoms with Crippen LogP contribution in [0.3, 0.4) is 0 Å². The van der Waals surface area contributed by atoms with E-state index in [0.29, 0.717) is 13.2 Å². The zero-order valence-electron chi connectivity index (χ0n) is 11.0. The third-order valence-corrected chi connectivity index (χ3v) is 4.42.